The fourth-order valence-electron chi connectivity index (χ4n) is 5.59. The molecule has 0 saturated heterocycles. The standard InChI is InChI=1S/C38H39FN2O5S/c1-7-12-28-19-25(20-31(44-8-2)35(28)46-22-29-13-10-11-14-30(29)39)21-32-36(42)41-34(27-17-15-26(16-18-27)23(4)5)33(37(43)45-9-3)24(6)40-38(41)47-32/h7,10-11,13-21,23,34H,1,8-9,12,22H2,2-6H3. The number of rotatable bonds is 12. The SMILES string of the molecule is C=CCc1cc(C=c2sc3n(c2=O)C(c2ccc(C(C)C)cc2)C(C(=O)OCC)=C(C)N=3)cc(OCC)c1OCc1ccccc1F. The molecule has 1 aliphatic heterocycles. The van der Waals surface area contributed by atoms with Crippen molar-refractivity contribution in [3.8, 4) is 11.5 Å². The van der Waals surface area contributed by atoms with Crippen LogP contribution in [0.15, 0.2) is 94.4 Å². The first-order chi connectivity index (χ1) is 22.7. The Morgan fingerprint density at radius 3 is 2.47 bits per heavy atom. The van der Waals surface area contributed by atoms with Gasteiger partial charge < -0.3 is 14.2 Å². The van der Waals surface area contributed by atoms with Crippen LogP contribution in [0.1, 0.15) is 74.4 Å². The molecule has 0 amide bonds. The minimum absolute atomic E-state index is 0.0230. The number of aromatic nitrogens is 1. The molecule has 1 aromatic heterocycles. The van der Waals surface area contributed by atoms with Crippen molar-refractivity contribution in [3.05, 3.63) is 138 Å². The Morgan fingerprint density at radius 2 is 1.81 bits per heavy atom. The van der Waals surface area contributed by atoms with E-state index in [1.165, 1.54) is 17.4 Å². The van der Waals surface area contributed by atoms with Crippen molar-refractivity contribution in [2.45, 2.75) is 59.6 Å². The van der Waals surface area contributed by atoms with Gasteiger partial charge in [0.15, 0.2) is 16.3 Å². The van der Waals surface area contributed by atoms with Crippen LogP contribution in [-0.2, 0) is 22.6 Å². The molecule has 0 aliphatic carbocycles. The Balaban J connectivity index is 1.63. The highest BCUT2D eigenvalue weighted by molar-refractivity contribution is 7.07. The highest BCUT2D eigenvalue weighted by atomic mass is 32.1. The van der Waals surface area contributed by atoms with E-state index in [-0.39, 0.29) is 24.6 Å². The number of esters is 1. The molecule has 1 atom stereocenters. The smallest absolute Gasteiger partial charge is 0.338 e. The van der Waals surface area contributed by atoms with Crippen molar-refractivity contribution < 1.29 is 23.4 Å². The molecule has 1 aliphatic rings. The quantitative estimate of drug-likeness (QED) is 0.125. The van der Waals surface area contributed by atoms with Gasteiger partial charge in [-0.1, -0.05) is 73.7 Å². The van der Waals surface area contributed by atoms with Gasteiger partial charge >= 0.3 is 5.97 Å². The molecule has 7 nitrogen and oxygen atoms in total. The zero-order valence-electron chi connectivity index (χ0n) is 27.3. The summed E-state index contributed by atoms with van der Waals surface area (Å²) < 4.78 is 33.9. The molecule has 0 fully saturated rings. The normalized spacial score (nSPS) is 14.5. The number of carbonyl (C=O) groups excluding carboxylic acids is 1. The predicted octanol–water partition coefficient (Wildman–Crippen LogP) is 6.77. The minimum atomic E-state index is -0.696. The van der Waals surface area contributed by atoms with Gasteiger partial charge in [0.1, 0.15) is 12.4 Å². The first kappa shape index (κ1) is 33.6. The monoisotopic (exact) mass is 654 g/mol. The van der Waals surface area contributed by atoms with Crippen molar-refractivity contribution >= 4 is 23.4 Å². The lowest BCUT2D eigenvalue weighted by Crippen LogP contribution is -2.39. The van der Waals surface area contributed by atoms with Crippen LogP contribution in [-0.4, -0.2) is 23.8 Å². The number of fused-ring (bicyclic) bond motifs is 1. The zero-order valence-corrected chi connectivity index (χ0v) is 28.2. The van der Waals surface area contributed by atoms with Crippen molar-refractivity contribution in [2.24, 2.45) is 4.99 Å². The molecule has 47 heavy (non-hydrogen) atoms. The Hall–Kier alpha value is -4.76. The fourth-order valence-corrected chi connectivity index (χ4v) is 6.63. The van der Waals surface area contributed by atoms with E-state index in [4.69, 9.17) is 19.2 Å². The highest BCUT2D eigenvalue weighted by Crippen LogP contribution is 2.35. The van der Waals surface area contributed by atoms with Gasteiger partial charge in [-0.25, -0.2) is 14.2 Å². The lowest BCUT2D eigenvalue weighted by Gasteiger charge is -2.25. The second kappa shape index (κ2) is 14.8. The fraction of sp³-hybridized carbons (Fsp3) is 0.289. The summed E-state index contributed by atoms with van der Waals surface area (Å²) in [6, 6.07) is 17.5. The summed E-state index contributed by atoms with van der Waals surface area (Å²) in [6.45, 7) is 14.1. The number of carbonyl (C=O) groups is 1. The van der Waals surface area contributed by atoms with E-state index < -0.39 is 12.0 Å². The molecule has 0 N–H and O–H groups in total. The van der Waals surface area contributed by atoms with Crippen LogP contribution in [0.5, 0.6) is 11.5 Å². The summed E-state index contributed by atoms with van der Waals surface area (Å²) in [5.74, 6) is 0.455. The van der Waals surface area contributed by atoms with Gasteiger partial charge in [0.05, 0.1) is 35.1 Å². The van der Waals surface area contributed by atoms with E-state index >= 15 is 0 Å². The highest BCUT2D eigenvalue weighted by Gasteiger charge is 2.33. The minimum Gasteiger partial charge on any atom is -0.490 e. The number of hydrogen-bond donors (Lipinski definition) is 0. The van der Waals surface area contributed by atoms with Gasteiger partial charge in [0.25, 0.3) is 5.56 Å². The number of allylic oxidation sites excluding steroid dienone is 2. The third-order valence-corrected chi connectivity index (χ3v) is 8.86. The van der Waals surface area contributed by atoms with E-state index in [1.54, 1.807) is 48.8 Å². The predicted molar refractivity (Wildman–Crippen MR) is 183 cm³/mol. The zero-order chi connectivity index (χ0) is 33.7. The lowest BCUT2D eigenvalue weighted by atomic mass is 9.93. The van der Waals surface area contributed by atoms with Crippen molar-refractivity contribution in [1.29, 1.82) is 0 Å². The third-order valence-electron chi connectivity index (χ3n) is 7.88. The molecule has 0 radical (unpaired) electrons. The van der Waals surface area contributed by atoms with E-state index in [1.807, 2.05) is 43.3 Å². The second-order valence-corrected chi connectivity index (χ2v) is 12.4. The van der Waals surface area contributed by atoms with E-state index in [2.05, 4.69) is 20.4 Å². The summed E-state index contributed by atoms with van der Waals surface area (Å²) in [7, 11) is 0. The second-order valence-electron chi connectivity index (χ2n) is 11.4. The van der Waals surface area contributed by atoms with Crippen LogP contribution < -0.4 is 24.4 Å². The van der Waals surface area contributed by atoms with Crippen LogP contribution in [0.2, 0.25) is 0 Å². The van der Waals surface area contributed by atoms with Crippen LogP contribution in [0, 0.1) is 5.82 Å². The molecule has 0 spiro atoms. The van der Waals surface area contributed by atoms with Crippen LogP contribution in [0.25, 0.3) is 6.08 Å². The Labute approximate surface area is 278 Å². The molecule has 5 rings (SSSR count). The first-order valence-corrected chi connectivity index (χ1v) is 16.5. The lowest BCUT2D eigenvalue weighted by molar-refractivity contribution is -0.139. The van der Waals surface area contributed by atoms with Crippen LogP contribution >= 0.6 is 11.3 Å². The summed E-state index contributed by atoms with van der Waals surface area (Å²) >= 11 is 1.25. The summed E-state index contributed by atoms with van der Waals surface area (Å²) in [6.07, 6.45) is 4.01. The summed E-state index contributed by atoms with van der Waals surface area (Å²) in [4.78, 5) is 32.6. The molecule has 0 bridgehead atoms. The third kappa shape index (κ3) is 7.15. The number of ether oxygens (including phenoxy) is 3. The average molecular weight is 655 g/mol. The van der Waals surface area contributed by atoms with Gasteiger partial charge in [-0.3, -0.25) is 9.36 Å². The number of thiazole rings is 1. The number of nitrogens with zero attached hydrogens (tertiary/aromatic N) is 2. The number of halogens is 1. The largest absolute Gasteiger partial charge is 0.490 e. The van der Waals surface area contributed by atoms with Crippen molar-refractivity contribution in [2.75, 3.05) is 13.2 Å². The topological polar surface area (TPSA) is 79.1 Å². The first-order valence-electron chi connectivity index (χ1n) is 15.7. The van der Waals surface area contributed by atoms with Crippen LogP contribution in [0.4, 0.5) is 4.39 Å². The maximum absolute atomic E-state index is 14.3. The van der Waals surface area contributed by atoms with Crippen molar-refractivity contribution in [3.63, 3.8) is 0 Å². The van der Waals surface area contributed by atoms with Gasteiger partial charge in [-0.15, -0.1) is 6.58 Å². The molecule has 3 aromatic carbocycles. The summed E-state index contributed by atoms with van der Waals surface area (Å²) in [5.41, 5.74) is 4.45. The molecule has 244 valence electrons. The maximum atomic E-state index is 14.3. The molecular weight excluding hydrogens is 615 g/mol. The average Bonchev–Trinajstić information content (AvgIpc) is 3.34. The van der Waals surface area contributed by atoms with Gasteiger partial charge in [-0.2, -0.15) is 0 Å². The van der Waals surface area contributed by atoms with E-state index in [0.29, 0.717) is 62.2 Å². The van der Waals surface area contributed by atoms with E-state index in [9.17, 15) is 14.0 Å². The van der Waals surface area contributed by atoms with Crippen molar-refractivity contribution in [1.82, 2.24) is 4.57 Å². The molecule has 0 saturated carbocycles. The Kier molecular flexibility index (Phi) is 10.6. The van der Waals surface area contributed by atoms with Gasteiger partial charge in [0, 0.05) is 11.1 Å². The molecular formula is C38H39FN2O5S. The number of benzene rings is 3. The Bertz CT molecular complexity index is 2010. The number of hydrogen-bond acceptors (Lipinski definition) is 7. The van der Waals surface area contributed by atoms with Gasteiger partial charge in [-0.05, 0) is 74.1 Å². The molecule has 2 heterocycles. The van der Waals surface area contributed by atoms with Crippen LogP contribution in [0.3, 0.4) is 0 Å². The maximum Gasteiger partial charge on any atom is 0.338 e. The van der Waals surface area contributed by atoms with E-state index in [0.717, 1.165) is 16.7 Å². The Morgan fingerprint density at radius 1 is 1.06 bits per heavy atom. The summed E-state index contributed by atoms with van der Waals surface area (Å²) in [5, 5.41) is 0. The molecule has 1 unspecified atom stereocenters. The molecule has 9 heteroatoms. The molecule has 4 aromatic rings. The van der Waals surface area contributed by atoms with Gasteiger partial charge in [0.2, 0.25) is 0 Å².